The fraction of sp³-hybridized carbons (Fsp3) is 0.500. The van der Waals surface area contributed by atoms with Gasteiger partial charge in [0.2, 0.25) is 5.91 Å². The van der Waals surface area contributed by atoms with Gasteiger partial charge in [0.15, 0.2) is 0 Å². The molecule has 0 radical (unpaired) electrons. The third kappa shape index (κ3) is 4.09. The predicted molar refractivity (Wildman–Crippen MR) is 53.7 cm³/mol. The Morgan fingerprint density at radius 2 is 2.43 bits per heavy atom. The van der Waals surface area contributed by atoms with E-state index in [-0.39, 0.29) is 5.91 Å². The van der Waals surface area contributed by atoms with Gasteiger partial charge in [0.05, 0.1) is 12.8 Å². The van der Waals surface area contributed by atoms with Crippen molar-refractivity contribution in [1.29, 1.82) is 0 Å². The monoisotopic (exact) mass is 196 g/mol. The Bertz CT molecular complexity index is 257. The topological polar surface area (TPSA) is 54.3 Å². The van der Waals surface area contributed by atoms with E-state index < -0.39 is 0 Å². The molecule has 0 saturated heterocycles. The first-order chi connectivity index (χ1) is 6.83. The van der Waals surface area contributed by atoms with E-state index in [1.165, 1.54) is 0 Å². The van der Waals surface area contributed by atoms with Gasteiger partial charge < -0.3 is 15.1 Å². The van der Waals surface area contributed by atoms with Crippen molar-refractivity contribution in [2.45, 2.75) is 19.9 Å². The summed E-state index contributed by atoms with van der Waals surface area (Å²) in [6, 6.07) is 3.64. The molecule has 0 atom stereocenters. The van der Waals surface area contributed by atoms with Crippen LogP contribution in [-0.2, 0) is 11.3 Å². The normalized spacial score (nSPS) is 10.1. The zero-order chi connectivity index (χ0) is 10.2. The Morgan fingerprint density at radius 3 is 3.07 bits per heavy atom. The van der Waals surface area contributed by atoms with Gasteiger partial charge in [0.1, 0.15) is 5.76 Å². The van der Waals surface area contributed by atoms with Gasteiger partial charge in [-0.2, -0.15) is 0 Å². The highest BCUT2D eigenvalue weighted by Crippen LogP contribution is 1.98. The third-order valence-corrected chi connectivity index (χ3v) is 1.82. The summed E-state index contributed by atoms with van der Waals surface area (Å²) in [5.74, 6) is 0.823. The summed E-state index contributed by atoms with van der Waals surface area (Å²) < 4.78 is 5.08. The molecular formula is C10H16N2O2. The summed E-state index contributed by atoms with van der Waals surface area (Å²) >= 11 is 0. The lowest BCUT2D eigenvalue weighted by Gasteiger charge is -2.03. The van der Waals surface area contributed by atoms with E-state index >= 15 is 0 Å². The number of amides is 1. The molecule has 1 heterocycles. The summed E-state index contributed by atoms with van der Waals surface area (Å²) in [5.41, 5.74) is 0. The van der Waals surface area contributed by atoms with Crippen LogP contribution in [0.4, 0.5) is 0 Å². The molecular weight excluding hydrogens is 180 g/mol. The van der Waals surface area contributed by atoms with Gasteiger partial charge in [0, 0.05) is 13.0 Å². The number of carbonyl (C=O) groups is 1. The molecule has 78 valence electrons. The van der Waals surface area contributed by atoms with Crippen molar-refractivity contribution in [2.24, 2.45) is 0 Å². The van der Waals surface area contributed by atoms with E-state index in [4.69, 9.17) is 4.42 Å². The van der Waals surface area contributed by atoms with Crippen molar-refractivity contribution in [2.75, 3.05) is 13.1 Å². The first-order valence-corrected chi connectivity index (χ1v) is 4.82. The van der Waals surface area contributed by atoms with Crippen LogP contribution in [0.25, 0.3) is 0 Å². The maximum Gasteiger partial charge on any atom is 0.221 e. The smallest absolute Gasteiger partial charge is 0.221 e. The molecule has 0 unspecified atom stereocenters. The molecule has 1 aromatic heterocycles. The highest BCUT2D eigenvalue weighted by atomic mass is 16.3. The highest BCUT2D eigenvalue weighted by molar-refractivity contribution is 5.75. The van der Waals surface area contributed by atoms with Gasteiger partial charge in [-0.25, -0.2) is 0 Å². The lowest BCUT2D eigenvalue weighted by atomic mass is 10.3. The molecule has 0 fully saturated rings. The third-order valence-electron chi connectivity index (χ3n) is 1.82. The summed E-state index contributed by atoms with van der Waals surface area (Å²) in [7, 11) is 0. The first kappa shape index (κ1) is 10.8. The van der Waals surface area contributed by atoms with Crippen LogP contribution in [0.15, 0.2) is 22.8 Å². The van der Waals surface area contributed by atoms with Crippen LogP contribution in [0.1, 0.15) is 19.1 Å². The van der Waals surface area contributed by atoms with E-state index in [0.717, 1.165) is 18.8 Å². The van der Waals surface area contributed by atoms with Gasteiger partial charge >= 0.3 is 0 Å². The van der Waals surface area contributed by atoms with Gasteiger partial charge in [-0.05, 0) is 18.7 Å². The molecule has 2 N–H and O–H groups in total. The second kappa shape index (κ2) is 6.21. The van der Waals surface area contributed by atoms with E-state index in [9.17, 15) is 4.79 Å². The summed E-state index contributed by atoms with van der Waals surface area (Å²) in [4.78, 5) is 11.2. The van der Waals surface area contributed by atoms with Crippen molar-refractivity contribution in [3.63, 3.8) is 0 Å². The fourth-order valence-electron chi connectivity index (χ4n) is 1.07. The van der Waals surface area contributed by atoms with E-state index in [1.807, 2.05) is 13.0 Å². The average Bonchev–Trinajstić information content (AvgIpc) is 2.68. The maximum absolute atomic E-state index is 11.2. The molecule has 1 rings (SSSR count). The minimum atomic E-state index is 0.0438. The predicted octanol–water partition coefficient (Wildman–Crippen LogP) is 0.895. The van der Waals surface area contributed by atoms with E-state index in [1.54, 1.807) is 12.3 Å². The molecule has 4 nitrogen and oxygen atoms in total. The summed E-state index contributed by atoms with van der Waals surface area (Å²) in [5, 5.41) is 5.86. The minimum Gasteiger partial charge on any atom is -0.467 e. The zero-order valence-electron chi connectivity index (χ0n) is 8.38. The first-order valence-electron chi connectivity index (χ1n) is 4.82. The second-order valence-electron chi connectivity index (χ2n) is 2.96. The van der Waals surface area contributed by atoms with Crippen LogP contribution in [0.3, 0.4) is 0 Å². The van der Waals surface area contributed by atoms with Gasteiger partial charge in [-0.3, -0.25) is 4.79 Å². The average molecular weight is 196 g/mol. The Balaban J connectivity index is 2.09. The van der Waals surface area contributed by atoms with Crippen molar-refractivity contribution in [1.82, 2.24) is 10.6 Å². The van der Waals surface area contributed by atoms with Crippen LogP contribution in [-0.4, -0.2) is 19.0 Å². The molecule has 0 saturated carbocycles. The van der Waals surface area contributed by atoms with Crippen molar-refractivity contribution >= 4 is 5.91 Å². The minimum absolute atomic E-state index is 0.0438. The van der Waals surface area contributed by atoms with Crippen molar-refractivity contribution in [3.8, 4) is 0 Å². The van der Waals surface area contributed by atoms with Crippen molar-refractivity contribution in [3.05, 3.63) is 24.2 Å². The largest absolute Gasteiger partial charge is 0.467 e. The molecule has 0 spiro atoms. The number of carbonyl (C=O) groups excluding carboxylic acids is 1. The molecule has 0 aromatic carbocycles. The van der Waals surface area contributed by atoms with Gasteiger partial charge in [0.25, 0.3) is 0 Å². The van der Waals surface area contributed by atoms with E-state index in [0.29, 0.717) is 13.0 Å². The molecule has 0 bridgehead atoms. The maximum atomic E-state index is 11.2. The lowest BCUT2D eigenvalue weighted by Crippen LogP contribution is -2.27. The van der Waals surface area contributed by atoms with Crippen molar-refractivity contribution < 1.29 is 9.21 Å². The lowest BCUT2D eigenvalue weighted by molar-refractivity contribution is -0.121. The van der Waals surface area contributed by atoms with Crippen LogP contribution >= 0.6 is 0 Å². The molecule has 4 heteroatoms. The fourth-order valence-corrected chi connectivity index (χ4v) is 1.07. The highest BCUT2D eigenvalue weighted by Gasteiger charge is 2.01. The van der Waals surface area contributed by atoms with Gasteiger partial charge in [-0.1, -0.05) is 6.92 Å². The Kier molecular flexibility index (Phi) is 4.78. The number of furan rings is 1. The number of hydrogen-bond donors (Lipinski definition) is 2. The number of nitrogens with one attached hydrogen (secondary N) is 2. The quantitative estimate of drug-likeness (QED) is 0.664. The molecule has 0 aliphatic carbocycles. The van der Waals surface area contributed by atoms with Crippen LogP contribution in [0.2, 0.25) is 0 Å². The molecule has 0 aliphatic rings. The zero-order valence-corrected chi connectivity index (χ0v) is 8.38. The SMILES string of the molecule is CCNCCC(=O)NCc1ccco1. The van der Waals surface area contributed by atoms with Crippen LogP contribution < -0.4 is 10.6 Å². The molecule has 14 heavy (non-hydrogen) atoms. The van der Waals surface area contributed by atoms with Crippen LogP contribution in [0, 0.1) is 0 Å². The van der Waals surface area contributed by atoms with Gasteiger partial charge in [-0.15, -0.1) is 0 Å². The standard InChI is InChI=1S/C10H16N2O2/c1-2-11-6-5-10(13)12-8-9-4-3-7-14-9/h3-4,7,11H,2,5-6,8H2,1H3,(H,12,13). The second-order valence-corrected chi connectivity index (χ2v) is 2.96. The number of rotatable bonds is 6. The molecule has 0 aliphatic heterocycles. The Labute approximate surface area is 83.7 Å². The Hall–Kier alpha value is -1.29. The molecule has 1 amide bonds. The van der Waals surface area contributed by atoms with Crippen LogP contribution in [0.5, 0.6) is 0 Å². The summed E-state index contributed by atoms with van der Waals surface area (Å²) in [6.07, 6.45) is 2.11. The Morgan fingerprint density at radius 1 is 1.57 bits per heavy atom. The summed E-state index contributed by atoms with van der Waals surface area (Å²) in [6.45, 7) is 4.10. The van der Waals surface area contributed by atoms with E-state index in [2.05, 4.69) is 10.6 Å². The number of hydrogen-bond acceptors (Lipinski definition) is 3. The molecule has 1 aromatic rings.